The Morgan fingerprint density at radius 1 is 1.00 bits per heavy atom. The van der Waals surface area contributed by atoms with E-state index in [1.165, 1.54) is 0 Å². The Labute approximate surface area is 92.7 Å². The number of rotatable bonds is 2. The average molecular weight is 210 g/mol. The fourth-order valence-corrected chi connectivity index (χ4v) is 1.64. The molecule has 0 aliphatic rings. The van der Waals surface area contributed by atoms with E-state index >= 15 is 0 Å². The monoisotopic (exact) mass is 210 g/mol. The van der Waals surface area contributed by atoms with Gasteiger partial charge < -0.3 is 4.42 Å². The van der Waals surface area contributed by atoms with Crippen LogP contribution in [0.1, 0.15) is 0 Å². The highest BCUT2D eigenvalue weighted by Crippen LogP contribution is 2.23. The van der Waals surface area contributed by atoms with Gasteiger partial charge in [-0.15, -0.1) is 0 Å². The molecular weight excluding hydrogens is 200 g/mol. The molecule has 78 valence electrons. The highest BCUT2D eigenvalue weighted by molar-refractivity contribution is 5.65. The Kier molecular flexibility index (Phi) is 2.07. The summed E-state index contributed by atoms with van der Waals surface area (Å²) in [5, 5.41) is 7.22. The summed E-state index contributed by atoms with van der Waals surface area (Å²) in [5.74, 6) is 0.801. The summed E-state index contributed by atoms with van der Waals surface area (Å²) in [4.78, 5) is 0. The quantitative estimate of drug-likeness (QED) is 0.704. The molecule has 0 aliphatic heterocycles. The third kappa shape index (κ3) is 1.52. The zero-order valence-electron chi connectivity index (χ0n) is 8.55. The zero-order chi connectivity index (χ0) is 10.8. The molecule has 0 aliphatic carbocycles. The van der Waals surface area contributed by atoms with E-state index in [0.29, 0.717) is 0 Å². The smallest absolute Gasteiger partial charge is 0.151 e. The topological polar surface area (TPSA) is 41.8 Å². The number of nitrogens with one attached hydrogen (secondary N) is 1. The molecule has 0 saturated carbocycles. The van der Waals surface area contributed by atoms with Crippen molar-refractivity contribution < 1.29 is 4.42 Å². The summed E-state index contributed by atoms with van der Waals surface area (Å²) in [7, 11) is 0. The van der Waals surface area contributed by atoms with Crippen LogP contribution in [-0.2, 0) is 0 Å². The van der Waals surface area contributed by atoms with E-state index in [1.807, 2.05) is 48.5 Å². The van der Waals surface area contributed by atoms with Crippen molar-refractivity contribution in [2.45, 2.75) is 0 Å². The van der Waals surface area contributed by atoms with E-state index in [0.717, 1.165) is 22.7 Å². The van der Waals surface area contributed by atoms with Gasteiger partial charge in [-0.25, -0.2) is 0 Å². The van der Waals surface area contributed by atoms with Gasteiger partial charge in [-0.3, -0.25) is 5.10 Å². The zero-order valence-corrected chi connectivity index (χ0v) is 8.55. The highest BCUT2D eigenvalue weighted by atomic mass is 16.3. The lowest BCUT2D eigenvalue weighted by atomic mass is 10.1. The van der Waals surface area contributed by atoms with Crippen molar-refractivity contribution in [1.82, 2.24) is 10.2 Å². The van der Waals surface area contributed by atoms with Crippen molar-refractivity contribution in [2.75, 3.05) is 0 Å². The lowest BCUT2D eigenvalue weighted by Crippen LogP contribution is -1.75. The number of nitrogens with zero attached hydrogens (tertiary/aromatic N) is 1. The summed E-state index contributed by atoms with van der Waals surface area (Å²) in [5.41, 5.74) is 2.91. The van der Waals surface area contributed by atoms with Gasteiger partial charge in [-0.05, 0) is 18.2 Å². The van der Waals surface area contributed by atoms with Crippen LogP contribution >= 0.6 is 0 Å². The van der Waals surface area contributed by atoms with E-state index in [-0.39, 0.29) is 0 Å². The fraction of sp³-hybridized carbons (Fsp3) is 0. The van der Waals surface area contributed by atoms with Crippen LogP contribution in [0.3, 0.4) is 0 Å². The molecule has 3 aromatic rings. The minimum atomic E-state index is 0.801. The number of aromatic amines is 1. The van der Waals surface area contributed by atoms with Gasteiger partial charge >= 0.3 is 0 Å². The first kappa shape index (κ1) is 8.97. The molecule has 0 fully saturated rings. The van der Waals surface area contributed by atoms with Crippen molar-refractivity contribution in [1.29, 1.82) is 0 Å². The minimum absolute atomic E-state index is 0.801. The third-order valence-corrected chi connectivity index (χ3v) is 2.43. The van der Waals surface area contributed by atoms with Gasteiger partial charge in [0.2, 0.25) is 0 Å². The second-order valence-electron chi connectivity index (χ2n) is 3.51. The predicted octanol–water partition coefficient (Wildman–Crippen LogP) is 3.34. The van der Waals surface area contributed by atoms with E-state index in [4.69, 9.17) is 4.42 Å². The highest BCUT2D eigenvalue weighted by Gasteiger charge is 2.06. The molecule has 0 spiro atoms. The van der Waals surface area contributed by atoms with Gasteiger partial charge in [0.05, 0.1) is 12.0 Å². The molecule has 2 heterocycles. The van der Waals surface area contributed by atoms with Crippen molar-refractivity contribution in [3.05, 3.63) is 54.8 Å². The van der Waals surface area contributed by atoms with Gasteiger partial charge in [0.15, 0.2) is 5.76 Å². The largest absolute Gasteiger partial charge is 0.463 e. The van der Waals surface area contributed by atoms with E-state index in [1.54, 1.807) is 6.26 Å². The van der Waals surface area contributed by atoms with Crippen LogP contribution in [0, 0.1) is 0 Å². The Morgan fingerprint density at radius 3 is 2.62 bits per heavy atom. The molecule has 1 aromatic carbocycles. The van der Waals surface area contributed by atoms with Gasteiger partial charge in [0, 0.05) is 5.56 Å². The first-order valence-corrected chi connectivity index (χ1v) is 5.08. The number of benzene rings is 1. The van der Waals surface area contributed by atoms with Gasteiger partial charge in [-0.2, -0.15) is 5.10 Å². The van der Waals surface area contributed by atoms with Crippen molar-refractivity contribution in [3.63, 3.8) is 0 Å². The standard InChI is InChI=1S/C13H10N2O/c1-2-5-10(6-3-1)11-9-12(15-14-11)13-7-4-8-16-13/h1-9H,(H,14,15). The summed E-state index contributed by atoms with van der Waals surface area (Å²) >= 11 is 0. The van der Waals surface area contributed by atoms with Gasteiger partial charge in [-0.1, -0.05) is 30.3 Å². The maximum atomic E-state index is 5.30. The van der Waals surface area contributed by atoms with Crippen LogP contribution in [0.15, 0.2) is 59.2 Å². The molecule has 3 nitrogen and oxygen atoms in total. The molecule has 16 heavy (non-hydrogen) atoms. The Hall–Kier alpha value is -2.29. The number of hydrogen-bond acceptors (Lipinski definition) is 2. The van der Waals surface area contributed by atoms with Crippen LogP contribution in [0.5, 0.6) is 0 Å². The molecule has 2 aromatic heterocycles. The Bertz CT molecular complexity index is 567. The van der Waals surface area contributed by atoms with Crippen molar-refractivity contribution in [3.8, 4) is 22.7 Å². The number of aromatic nitrogens is 2. The maximum Gasteiger partial charge on any atom is 0.151 e. The molecule has 0 radical (unpaired) electrons. The molecule has 0 unspecified atom stereocenters. The number of hydrogen-bond donors (Lipinski definition) is 1. The molecule has 3 rings (SSSR count). The summed E-state index contributed by atoms with van der Waals surface area (Å²) in [6.45, 7) is 0. The summed E-state index contributed by atoms with van der Waals surface area (Å²) in [6.07, 6.45) is 1.65. The molecular formula is C13H10N2O. The maximum absolute atomic E-state index is 5.30. The lowest BCUT2D eigenvalue weighted by molar-refractivity contribution is 0.580. The number of H-pyrrole nitrogens is 1. The SMILES string of the molecule is c1ccc(-c2cc(-c3ccco3)[nH]n2)cc1. The van der Waals surface area contributed by atoms with Crippen LogP contribution in [-0.4, -0.2) is 10.2 Å². The predicted molar refractivity (Wildman–Crippen MR) is 61.7 cm³/mol. The van der Waals surface area contributed by atoms with Gasteiger partial charge in [0.1, 0.15) is 5.69 Å². The minimum Gasteiger partial charge on any atom is -0.463 e. The molecule has 3 heteroatoms. The van der Waals surface area contributed by atoms with E-state index < -0.39 is 0 Å². The second kappa shape index (κ2) is 3.70. The Morgan fingerprint density at radius 2 is 1.88 bits per heavy atom. The lowest BCUT2D eigenvalue weighted by Gasteiger charge is -1.92. The van der Waals surface area contributed by atoms with Crippen molar-refractivity contribution in [2.24, 2.45) is 0 Å². The van der Waals surface area contributed by atoms with Crippen LogP contribution in [0.25, 0.3) is 22.7 Å². The first-order chi connectivity index (χ1) is 7.93. The van der Waals surface area contributed by atoms with E-state index in [9.17, 15) is 0 Å². The van der Waals surface area contributed by atoms with Crippen molar-refractivity contribution >= 4 is 0 Å². The average Bonchev–Trinajstić information content (AvgIpc) is 3.01. The molecule has 1 N–H and O–H groups in total. The molecule has 0 atom stereocenters. The molecule has 0 amide bonds. The van der Waals surface area contributed by atoms with Gasteiger partial charge in [0.25, 0.3) is 0 Å². The van der Waals surface area contributed by atoms with Crippen LogP contribution < -0.4 is 0 Å². The first-order valence-electron chi connectivity index (χ1n) is 5.08. The third-order valence-electron chi connectivity index (χ3n) is 2.43. The summed E-state index contributed by atoms with van der Waals surface area (Å²) < 4.78 is 5.30. The van der Waals surface area contributed by atoms with Crippen LogP contribution in [0.2, 0.25) is 0 Å². The Balaban J connectivity index is 2.00. The normalized spacial score (nSPS) is 10.5. The second-order valence-corrected chi connectivity index (χ2v) is 3.51. The fourth-order valence-electron chi connectivity index (χ4n) is 1.64. The van der Waals surface area contributed by atoms with Crippen LogP contribution in [0.4, 0.5) is 0 Å². The summed E-state index contributed by atoms with van der Waals surface area (Å²) in [6, 6.07) is 15.8. The molecule has 0 bridgehead atoms. The molecule has 0 saturated heterocycles. The van der Waals surface area contributed by atoms with E-state index in [2.05, 4.69) is 10.2 Å². The number of furan rings is 1.